The molecule has 0 spiro atoms. The highest BCUT2D eigenvalue weighted by Crippen LogP contribution is 2.15. The van der Waals surface area contributed by atoms with E-state index >= 15 is 0 Å². The molecule has 4 heterocycles. The number of nitrogens with zero attached hydrogens (tertiary/aromatic N) is 5. The summed E-state index contributed by atoms with van der Waals surface area (Å²) in [5.74, 6) is 0.807. The average Bonchev–Trinajstić information content (AvgIpc) is 3.24. The van der Waals surface area contributed by atoms with Gasteiger partial charge in [-0.1, -0.05) is 5.16 Å². The minimum absolute atomic E-state index is 0.0514. The zero-order valence-corrected chi connectivity index (χ0v) is 16.2. The van der Waals surface area contributed by atoms with Gasteiger partial charge in [-0.05, 0) is 13.8 Å². The Kier molecular flexibility index (Phi) is 4.79. The standard InChI is InChI=1S/C18H21N5O3S/c1-12-15(13(2)26-20-12)10-16(24)22-5-3-21(4-6-22)11-14-9-17(25)23-7-8-27-18(23)19-14/h7-9H,3-6,10-11H2,1-2H3. The van der Waals surface area contributed by atoms with E-state index in [-0.39, 0.29) is 11.5 Å². The molecule has 1 aliphatic rings. The second kappa shape index (κ2) is 7.24. The molecule has 3 aromatic rings. The maximum absolute atomic E-state index is 12.6. The van der Waals surface area contributed by atoms with Crippen LogP contribution in [0.1, 0.15) is 22.7 Å². The molecule has 1 amide bonds. The minimum atomic E-state index is -0.0514. The molecule has 0 atom stereocenters. The molecule has 3 aromatic heterocycles. The van der Waals surface area contributed by atoms with Crippen molar-refractivity contribution in [1.29, 1.82) is 0 Å². The molecular formula is C18H21N5O3S. The Balaban J connectivity index is 1.35. The number of aromatic nitrogens is 3. The number of thiazole rings is 1. The van der Waals surface area contributed by atoms with Gasteiger partial charge >= 0.3 is 0 Å². The molecular weight excluding hydrogens is 366 g/mol. The lowest BCUT2D eigenvalue weighted by molar-refractivity contribution is -0.132. The summed E-state index contributed by atoms with van der Waals surface area (Å²) in [5.41, 5.74) is 2.39. The third kappa shape index (κ3) is 3.65. The Bertz CT molecular complexity index is 1010. The van der Waals surface area contributed by atoms with E-state index in [1.54, 1.807) is 16.7 Å². The Hall–Kier alpha value is -2.52. The third-order valence-electron chi connectivity index (χ3n) is 4.98. The van der Waals surface area contributed by atoms with Crippen LogP contribution in [0, 0.1) is 13.8 Å². The maximum Gasteiger partial charge on any atom is 0.258 e. The van der Waals surface area contributed by atoms with E-state index in [9.17, 15) is 9.59 Å². The number of aryl methyl sites for hydroxylation is 2. The van der Waals surface area contributed by atoms with Crippen molar-refractivity contribution in [3.05, 3.63) is 50.7 Å². The van der Waals surface area contributed by atoms with Crippen molar-refractivity contribution in [3.63, 3.8) is 0 Å². The molecule has 142 valence electrons. The fourth-order valence-corrected chi connectivity index (χ4v) is 4.11. The maximum atomic E-state index is 12.6. The van der Waals surface area contributed by atoms with Crippen LogP contribution in [-0.2, 0) is 17.8 Å². The molecule has 0 N–H and O–H groups in total. The molecule has 8 nitrogen and oxygen atoms in total. The van der Waals surface area contributed by atoms with Gasteiger partial charge < -0.3 is 9.42 Å². The SMILES string of the molecule is Cc1noc(C)c1CC(=O)N1CCN(Cc2cc(=O)n3ccsc3n2)CC1. The first kappa shape index (κ1) is 17.9. The second-order valence-electron chi connectivity index (χ2n) is 6.78. The summed E-state index contributed by atoms with van der Waals surface area (Å²) in [5, 5.41) is 5.77. The van der Waals surface area contributed by atoms with Gasteiger partial charge in [0.1, 0.15) is 5.76 Å². The molecule has 0 bridgehead atoms. The molecule has 27 heavy (non-hydrogen) atoms. The van der Waals surface area contributed by atoms with E-state index < -0.39 is 0 Å². The summed E-state index contributed by atoms with van der Waals surface area (Å²) in [6, 6.07) is 1.59. The van der Waals surface area contributed by atoms with Crippen molar-refractivity contribution in [2.45, 2.75) is 26.8 Å². The summed E-state index contributed by atoms with van der Waals surface area (Å²) < 4.78 is 6.69. The van der Waals surface area contributed by atoms with Gasteiger partial charge in [0.05, 0.1) is 17.8 Å². The van der Waals surface area contributed by atoms with Gasteiger partial charge in [-0.3, -0.25) is 18.9 Å². The first-order chi connectivity index (χ1) is 13.0. The van der Waals surface area contributed by atoms with Crippen LogP contribution >= 0.6 is 11.3 Å². The van der Waals surface area contributed by atoms with Gasteiger partial charge in [-0.15, -0.1) is 11.3 Å². The van der Waals surface area contributed by atoms with Crippen LogP contribution in [0.25, 0.3) is 4.96 Å². The number of rotatable bonds is 4. The summed E-state index contributed by atoms with van der Waals surface area (Å²) in [4.78, 5) is 34.1. The topological polar surface area (TPSA) is 84.0 Å². The van der Waals surface area contributed by atoms with Crippen LogP contribution < -0.4 is 5.56 Å². The van der Waals surface area contributed by atoms with Crippen LogP contribution in [0.2, 0.25) is 0 Å². The molecule has 0 saturated carbocycles. The molecule has 0 aliphatic carbocycles. The zero-order valence-electron chi connectivity index (χ0n) is 15.3. The summed E-state index contributed by atoms with van der Waals surface area (Å²) in [7, 11) is 0. The van der Waals surface area contributed by atoms with Gasteiger partial charge in [0.15, 0.2) is 4.96 Å². The third-order valence-corrected chi connectivity index (χ3v) is 5.73. The normalized spacial score (nSPS) is 15.6. The number of fused-ring (bicyclic) bond motifs is 1. The molecule has 4 rings (SSSR count). The van der Waals surface area contributed by atoms with Gasteiger partial charge in [-0.25, -0.2) is 4.98 Å². The van der Waals surface area contributed by atoms with Crippen LogP contribution in [0.4, 0.5) is 0 Å². The lowest BCUT2D eigenvalue weighted by atomic mass is 10.1. The van der Waals surface area contributed by atoms with Crippen molar-refractivity contribution in [2.24, 2.45) is 0 Å². The zero-order chi connectivity index (χ0) is 19.0. The fourth-order valence-electron chi connectivity index (χ4n) is 3.37. The fraction of sp³-hybridized carbons (Fsp3) is 0.444. The number of hydrogen-bond acceptors (Lipinski definition) is 7. The predicted octanol–water partition coefficient (Wildman–Crippen LogP) is 1.25. The molecule has 0 radical (unpaired) electrons. The number of hydrogen-bond donors (Lipinski definition) is 0. The van der Waals surface area contributed by atoms with Crippen molar-refractivity contribution in [3.8, 4) is 0 Å². The van der Waals surface area contributed by atoms with E-state index in [4.69, 9.17) is 4.52 Å². The van der Waals surface area contributed by atoms with E-state index in [0.29, 0.717) is 36.8 Å². The van der Waals surface area contributed by atoms with Crippen LogP contribution in [0.15, 0.2) is 27.0 Å². The van der Waals surface area contributed by atoms with Crippen molar-refractivity contribution < 1.29 is 9.32 Å². The highest BCUT2D eigenvalue weighted by molar-refractivity contribution is 7.15. The molecule has 9 heteroatoms. The number of carbonyl (C=O) groups is 1. The van der Waals surface area contributed by atoms with E-state index in [1.807, 2.05) is 24.1 Å². The second-order valence-corrected chi connectivity index (χ2v) is 7.65. The average molecular weight is 387 g/mol. The lowest BCUT2D eigenvalue weighted by Gasteiger charge is -2.34. The highest BCUT2D eigenvalue weighted by atomic mass is 32.1. The van der Waals surface area contributed by atoms with Crippen LogP contribution in [-0.4, -0.2) is 56.4 Å². The van der Waals surface area contributed by atoms with Gasteiger partial charge in [0, 0.05) is 55.9 Å². The van der Waals surface area contributed by atoms with Gasteiger partial charge in [-0.2, -0.15) is 0 Å². The van der Waals surface area contributed by atoms with E-state index in [0.717, 1.165) is 30.0 Å². The highest BCUT2D eigenvalue weighted by Gasteiger charge is 2.23. The molecule has 1 saturated heterocycles. The molecule has 0 aromatic carbocycles. The number of piperazine rings is 1. The minimum Gasteiger partial charge on any atom is -0.361 e. The smallest absolute Gasteiger partial charge is 0.258 e. The molecule has 1 aliphatic heterocycles. The quantitative estimate of drug-likeness (QED) is 0.670. The van der Waals surface area contributed by atoms with Crippen LogP contribution in [0.5, 0.6) is 0 Å². The largest absolute Gasteiger partial charge is 0.361 e. The van der Waals surface area contributed by atoms with E-state index in [2.05, 4.69) is 15.0 Å². The van der Waals surface area contributed by atoms with Gasteiger partial charge in [0.25, 0.3) is 5.56 Å². The number of carbonyl (C=O) groups excluding carboxylic acids is 1. The lowest BCUT2D eigenvalue weighted by Crippen LogP contribution is -2.48. The summed E-state index contributed by atoms with van der Waals surface area (Å²) in [6.07, 6.45) is 2.07. The molecule has 0 unspecified atom stereocenters. The summed E-state index contributed by atoms with van der Waals surface area (Å²) >= 11 is 1.45. The summed E-state index contributed by atoms with van der Waals surface area (Å²) in [6.45, 7) is 7.18. The van der Waals surface area contributed by atoms with Gasteiger partial charge in [0.2, 0.25) is 5.91 Å². The van der Waals surface area contributed by atoms with Crippen molar-refractivity contribution >= 4 is 22.2 Å². The first-order valence-electron chi connectivity index (χ1n) is 8.89. The van der Waals surface area contributed by atoms with Crippen LogP contribution in [0.3, 0.4) is 0 Å². The van der Waals surface area contributed by atoms with Crippen molar-refractivity contribution in [1.82, 2.24) is 24.3 Å². The first-order valence-corrected chi connectivity index (χ1v) is 9.77. The van der Waals surface area contributed by atoms with E-state index in [1.165, 1.54) is 11.3 Å². The molecule has 1 fully saturated rings. The Morgan fingerprint density at radius 1 is 1.26 bits per heavy atom. The Labute approximate surface area is 160 Å². The monoisotopic (exact) mass is 387 g/mol. The number of amides is 1. The predicted molar refractivity (Wildman–Crippen MR) is 101 cm³/mol. The van der Waals surface area contributed by atoms with Crippen molar-refractivity contribution in [2.75, 3.05) is 26.2 Å². The Morgan fingerprint density at radius 2 is 2.04 bits per heavy atom. The Morgan fingerprint density at radius 3 is 2.74 bits per heavy atom.